The van der Waals surface area contributed by atoms with E-state index < -0.39 is 0 Å². The summed E-state index contributed by atoms with van der Waals surface area (Å²) in [6.45, 7) is 0.100. The number of nitrogens with two attached hydrogens (primary N) is 2. The molecule has 88 valence electrons. The third-order valence-electron chi connectivity index (χ3n) is 2.27. The van der Waals surface area contributed by atoms with Crippen LogP contribution in [0.15, 0.2) is 36.4 Å². The molecule has 1 aromatic carbocycles. The number of aromatic nitrogens is 1. The van der Waals surface area contributed by atoms with Gasteiger partial charge in [-0.3, -0.25) is 0 Å². The lowest BCUT2D eigenvalue weighted by Gasteiger charge is -2.07. The first-order chi connectivity index (χ1) is 8.16. The molecule has 2 aromatic rings. The van der Waals surface area contributed by atoms with Crippen LogP contribution in [0, 0.1) is 5.82 Å². The van der Waals surface area contributed by atoms with Gasteiger partial charge in [0.2, 0.25) is 5.88 Å². The molecule has 0 spiro atoms. The molecule has 0 aliphatic rings. The molecule has 0 bridgehead atoms. The van der Waals surface area contributed by atoms with Gasteiger partial charge in [0.15, 0.2) is 5.82 Å². The Kier molecular flexibility index (Phi) is 3.09. The lowest BCUT2D eigenvalue weighted by Crippen LogP contribution is -2.03. The number of ether oxygens (including phenoxy) is 1. The summed E-state index contributed by atoms with van der Waals surface area (Å²) in [5.41, 5.74) is 11.9. The van der Waals surface area contributed by atoms with E-state index >= 15 is 0 Å². The van der Waals surface area contributed by atoms with Crippen LogP contribution in [0.2, 0.25) is 0 Å². The van der Waals surface area contributed by atoms with Gasteiger partial charge in [-0.2, -0.15) is 4.98 Å². The van der Waals surface area contributed by atoms with Crippen molar-refractivity contribution in [2.45, 2.75) is 6.61 Å². The van der Waals surface area contributed by atoms with Crippen LogP contribution in [0.4, 0.5) is 15.9 Å². The molecule has 5 heteroatoms. The lowest BCUT2D eigenvalue weighted by atomic mass is 10.2. The number of nitrogens with zero attached hydrogens (tertiary/aromatic N) is 1. The molecule has 0 aliphatic heterocycles. The van der Waals surface area contributed by atoms with Crippen LogP contribution in [0.3, 0.4) is 0 Å². The standard InChI is InChI=1S/C12H12FN3O/c13-9-4-2-1-3-8(9)7-17-11-6-5-10(14)12(15)16-11/h1-6H,7,14H2,(H2,15,16). The number of anilines is 2. The topological polar surface area (TPSA) is 74.2 Å². The van der Waals surface area contributed by atoms with Crippen molar-refractivity contribution in [2.75, 3.05) is 11.5 Å². The molecule has 1 heterocycles. The van der Waals surface area contributed by atoms with Crippen molar-refractivity contribution >= 4 is 11.5 Å². The largest absolute Gasteiger partial charge is 0.473 e. The first-order valence-electron chi connectivity index (χ1n) is 5.05. The predicted octanol–water partition coefficient (Wildman–Crippen LogP) is 1.96. The van der Waals surface area contributed by atoms with E-state index in [1.807, 2.05) is 0 Å². The highest BCUT2D eigenvalue weighted by Gasteiger charge is 2.03. The van der Waals surface area contributed by atoms with Gasteiger partial charge in [-0.25, -0.2) is 4.39 Å². The van der Waals surface area contributed by atoms with Crippen molar-refractivity contribution in [3.63, 3.8) is 0 Å². The minimum absolute atomic E-state index is 0.100. The van der Waals surface area contributed by atoms with Gasteiger partial charge in [-0.1, -0.05) is 18.2 Å². The Morgan fingerprint density at radius 1 is 1.12 bits per heavy atom. The van der Waals surface area contributed by atoms with Crippen molar-refractivity contribution in [2.24, 2.45) is 0 Å². The summed E-state index contributed by atoms with van der Waals surface area (Å²) in [6, 6.07) is 9.58. The highest BCUT2D eigenvalue weighted by atomic mass is 19.1. The second kappa shape index (κ2) is 4.69. The zero-order valence-electron chi connectivity index (χ0n) is 9.06. The van der Waals surface area contributed by atoms with Crippen LogP contribution in [-0.4, -0.2) is 4.98 Å². The van der Waals surface area contributed by atoms with Crippen LogP contribution in [0.5, 0.6) is 5.88 Å². The van der Waals surface area contributed by atoms with E-state index in [9.17, 15) is 4.39 Å². The average Bonchev–Trinajstić information content (AvgIpc) is 2.32. The normalized spacial score (nSPS) is 10.2. The molecule has 0 saturated carbocycles. The molecular formula is C12H12FN3O. The Balaban J connectivity index is 2.08. The molecule has 0 fully saturated rings. The maximum atomic E-state index is 13.3. The van der Waals surface area contributed by atoms with Crippen molar-refractivity contribution in [1.82, 2.24) is 4.98 Å². The highest BCUT2D eigenvalue weighted by Crippen LogP contribution is 2.18. The average molecular weight is 233 g/mol. The van der Waals surface area contributed by atoms with Crippen LogP contribution in [-0.2, 0) is 6.61 Å². The van der Waals surface area contributed by atoms with Crippen molar-refractivity contribution in [1.29, 1.82) is 0 Å². The summed E-state index contributed by atoms with van der Waals surface area (Å²) >= 11 is 0. The highest BCUT2D eigenvalue weighted by molar-refractivity contribution is 5.58. The number of pyridine rings is 1. The fourth-order valence-electron chi connectivity index (χ4n) is 1.31. The molecule has 0 radical (unpaired) electrons. The fraction of sp³-hybridized carbons (Fsp3) is 0.0833. The van der Waals surface area contributed by atoms with Crippen molar-refractivity contribution in [3.05, 3.63) is 47.8 Å². The van der Waals surface area contributed by atoms with Gasteiger partial charge in [-0.15, -0.1) is 0 Å². The maximum Gasteiger partial charge on any atom is 0.215 e. The van der Waals surface area contributed by atoms with Crippen LogP contribution < -0.4 is 16.2 Å². The third-order valence-corrected chi connectivity index (χ3v) is 2.27. The summed E-state index contributed by atoms with van der Waals surface area (Å²) in [5, 5.41) is 0. The summed E-state index contributed by atoms with van der Waals surface area (Å²) in [5.74, 6) is 0.215. The number of halogens is 1. The maximum absolute atomic E-state index is 13.3. The summed E-state index contributed by atoms with van der Waals surface area (Å²) in [6.07, 6.45) is 0. The summed E-state index contributed by atoms with van der Waals surface area (Å²) < 4.78 is 18.6. The van der Waals surface area contributed by atoms with Gasteiger partial charge < -0.3 is 16.2 Å². The molecule has 1 aromatic heterocycles. The Morgan fingerprint density at radius 3 is 2.59 bits per heavy atom. The van der Waals surface area contributed by atoms with Gasteiger partial charge in [-0.05, 0) is 12.1 Å². The molecule has 0 saturated heterocycles. The smallest absolute Gasteiger partial charge is 0.215 e. The van der Waals surface area contributed by atoms with Crippen molar-refractivity contribution in [3.8, 4) is 5.88 Å². The van der Waals surface area contributed by atoms with Gasteiger partial charge in [0, 0.05) is 11.6 Å². The second-order valence-corrected chi connectivity index (χ2v) is 3.50. The van der Waals surface area contributed by atoms with E-state index in [1.54, 1.807) is 30.3 Å². The minimum Gasteiger partial charge on any atom is -0.473 e. The Morgan fingerprint density at radius 2 is 1.88 bits per heavy atom. The Labute approximate surface area is 98.0 Å². The van der Waals surface area contributed by atoms with Crippen LogP contribution >= 0.6 is 0 Å². The molecule has 4 N–H and O–H groups in total. The number of nitrogen functional groups attached to an aromatic ring is 2. The first-order valence-corrected chi connectivity index (χ1v) is 5.05. The SMILES string of the molecule is Nc1ccc(OCc2ccccc2F)nc1N. The number of hydrogen-bond donors (Lipinski definition) is 2. The molecule has 0 aliphatic carbocycles. The summed E-state index contributed by atoms with van der Waals surface area (Å²) in [4.78, 5) is 3.93. The summed E-state index contributed by atoms with van der Waals surface area (Å²) in [7, 11) is 0. The molecular weight excluding hydrogens is 221 g/mol. The second-order valence-electron chi connectivity index (χ2n) is 3.50. The van der Waals surface area contributed by atoms with Crippen LogP contribution in [0.1, 0.15) is 5.56 Å². The van der Waals surface area contributed by atoms with Crippen molar-refractivity contribution < 1.29 is 9.13 Å². The van der Waals surface area contributed by atoms with E-state index in [0.29, 0.717) is 17.1 Å². The quantitative estimate of drug-likeness (QED) is 0.849. The third kappa shape index (κ3) is 2.63. The zero-order chi connectivity index (χ0) is 12.3. The molecule has 17 heavy (non-hydrogen) atoms. The van der Waals surface area contributed by atoms with E-state index in [4.69, 9.17) is 16.2 Å². The van der Waals surface area contributed by atoms with E-state index in [2.05, 4.69) is 4.98 Å². The Hall–Kier alpha value is -2.30. The van der Waals surface area contributed by atoms with Gasteiger partial charge in [0.25, 0.3) is 0 Å². The number of rotatable bonds is 3. The predicted molar refractivity (Wildman–Crippen MR) is 63.8 cm³/mol. The van der Waals surface area contributed by atoms with Gasteiger partial charge in [0.05, 0.1) is 5.69 Å². The first kappa shape index (κ1) is 11.2. The zero-order valence-corrected chi connectivity index (χ0v) is 9.06. The number of benzene rings is 1. The molecule has 0 amide bonds. The monoisotopic (exact) mass is 233 g/mol. The van der Waals surface area contributed by atoms with E-state index in [1.165, 1.54) is 6.07 Å². The number of hydrogen-bond acceptors (Lipinski definition) is 4. The molecule has 0 atom stereocenters. The molecule has 0 unspecified atom stereocenters. The van der Waals surface area contributed by atoms with E-state index in [-0.39, 0.29) is 18.2 Å². The Bertz CT molecular complexity index is 531. The fourth-order valence-corrected chi connectivity index (χ4v) is 1.31. The van der Waals surface area contributed by atoms with Gasteiger partial charge in [0.1, 0.15) is 12.4 Å². The molecule has 2 rings (SSSR count). The van der Waals surface area contributed by atoms with Crippen LogP contribution in [0.25, 0.3) is 0 Å². The van der Waals surface area contributed by atoms with Gasteiger partial charge >= 0.3 is 0 Å². The minimum atomic E-state index is -0.309. The molecule has 4 nitrogen and oxygen atoms in total. The van der Waals surface area contributed by atoms with E-state index in [0.717, 1.165) is 0 Å². The lowest BCUT2D eigenvalue weighted by molar-refractivity contribution is 0.288.